The van der Waals surface area contributed by atoms with E-state index in [1.54, 1.807) is 11.9 Å². The van der Waals surface area contributed by atoms with Crippen molar-refractivity contribution >= 4 is 12.1 Å². The van der Waals surface area contributed by atoms with Gasteiger partial charge in [-0.1, -0.05) is 31.4 Å². The number of amides is 3. The molecule has 0 bridgehead atoms. The molecule has 2 fully saturated rings. The molecule has 38 heavy (non-hydrogen) atoms. The van der Waals surface area contributed by atoms with Gasteiger partial charge in [0.1, 0.15) is 0 Å². The van der Waals surface area contributed by atoms with Crippen molar-refractivity contribution in [1.29, 1.82) is 0 Å². The van der Waals surface area contributed by atoms with Crippen molar-refractivity contribution in [3.8, 4) is 0 Å². The first-order valence-electron chi connectivity index (χ1n) is 13.7. The van der Waals surface area contributed by atoms with E-state index in [0.717, 1.165) is 38.2 Å². The zero-order valence-electron chi connectivity index (χ0n) is 22.1. The average Bonchev–Trinajstić information content (AvgIpc) is 2.92. The van der Waals surface area contributed by atoms with Gasteiger partial charge in [0, 0.05) is 37.7 Å². The number of aliphatic hydroxyl groups excluding tert-OH is 1. The van der Waals surface area contributed by atoms with Gasteiger partial charge in [0.25, 0.3) is 0 Å². The molecule has 11 heteroatoms. The van der Waals surface area contributed by atoms with Gasteiger partial charge in [-0.15, -0.1) is 0 Å². The Morgan fingerprint density at radius 1 is 1.16 bits per heavy atom. The van der Waals surface area contributed by atoms with Crippen LogP contribution in [0.2, 0.25) is 0 Å². The Hall–Kier alpha value is -2.50. The molecule has 1 aromatic carbocycles. The molecule has 3 rings (SSSR count). The highest BCUT2D eigenvalue weighted by atomic mass is 19.2. The SMILES string of the molecule is CNCC(NC(=O)N1CCC[C@@H]([C@@](O)(CCCNC(=O)O)c2cccc(F)c2F)C1)C(O)C1CCCCC1. The van der Waals surface area contributed by atoms with Crippen molar-refractivity contribution in [2.24, 2.45) is 11.8 Å². The summed E-state index contributed by atoms with van der Waals surface area (Å²) in [4.78, 5) is 25.7. The number of nitrogens with zero attached hydrogens (tertiary/aromatic N) is 1. The van der Waals surface area contributed by atoms with Crippen LogP contribution in [0.4, 0.5) is 18.4 Å². The summed E-state index contributed by atoms with van der Waals surface area (Å²) < 4.78 is 29.0. The van der Waals surface area contributed by atoms with Crippen LogP contribution in [0.15, 0.2) is 18.2 Å². The fraction of sp³-hybridized carbons (Fsp3) is 0.704. The zero-order chi connectivity index (χ0) is 27.7. The summed E-state index contributed by atoms with van der Waals surface area (Å²) in [5, 5.41) is 39.9. The fourth-order valence-electron chi connectivity index (χ4n) is 6.03. The Morgan fingerprint density at radius 3 is 2.58 bits per heavy atom. The number of carbonyl (C=O) groups excluding carboxylic acids is 1. The number of piperidine rings is 1. The number of carbonyl (C=O) groups is 2. The predicted octanol–water partition coefficient (Wildman–Crippen LogP) is 3.15. The Labute approximate surface area is 223 Å². The molecule has 1 saturated carbocycles. The summed E-state index contributed by atoms with van der Waals surface area (Å²) in [6.07, 6.45) is 4.43. The first-order valence-corrected chi connectivity index (χ1v) is 13.7. The number of urea groups is 1. The van der Waals surface area contributed by atoms with Crippen molar-refractivity contribution in [2.75, 3.05) is 33.2 Å². The van der Waals surface area contributed by atoms with E-state index < -0.39 is 41.4 Å². The molecule has 214 valence electrons. The minimum absolute atomic E-state index is 0.0173. The highest BCUT2D eigenvalue weighted by molar-refractivity contribution is 5.74. The molecule has 2 unspecified atom stereocenters. The molecule has 2 aliphatic rings. The number of benzene rings is 1. The second-order valence-electron chi connectivity index (χ2n) is 10.6. The third-order valence-electron chi connectivity index (χ3n) is 8.09. The number of halogens is 2. The Kier molecular flexibility index (Phi) is 11.1. The van der Waals surface area contributed by atoms with Gasteiger partial charge in [-0.05, 0) is 57.6 Å². The summed E-state index contributed by atoms with van der Waals surface area (Å²) in [5.41, 5.74) is -2.00. The van der Waals surface area contributed by atoms with Gasteiger partial charge >= 0.3 is 12.1 Å². The maximum atomic E-state index is 14.9. The van der Waals surface area contributed by atoms with Crippen molar-refractivity contribution in [3.05, 3.63) is 35.4 Å². The van der Waals surface area contributed by atoms with Gasteiger partial charge in [0.15, 0.2) is 11.6 Å². The number of likely N-dealkylation sites (N-methyl/N-ethyl adjacent to an activating group) is 1. The van der Waals surface area contributed by atoms with Gasteiger partial charge in [-0.25, -0.2) is 18.4 Å². The molecule has 1 aliphatic heterocycles. The van der Waals surface area contributed by atoms with E-state index in [1.165, 1.54) is 12.1 Å². The van der Waals surface area contributed by atoms with Crippen LogP contribution in [0, 0.1) is 23.5 Å². The smallest absolute Gasteiger partial charge is 0.404 e. The normalized spacial score (nSPS) is 21.8. The number of rotatable bonds is 11. The second-order valence-corrected chi connectivity index (χ2v) is 10.6. The number of aliphatic hydroxyl groups is 2. The van der Waals surface area contributed by atoms with Crippen LogP contribution in [0.5, 0.6) is 0 Å². The molecule has 4 atom stereocenters. The number of carboxylic acid groups (broad SMARTS) is 1. The van der Waals surface area contributed by atoms with Gasteiger partial charge in [-0.3, -0.25) is 0 Å². The van der Waals surface area contributed by atoms with E-state index >= 15 is 0 Å². The molecule has 1 heterocycles. The van der Waals surface area contributed by atoms with E-state index in [4.69, 9.17) is 5.11 Å². The maximum absolute atomic E-state index is 14.9. The molecule has 1 saturated heterocycles. The van der Waals surface area contributed by atoms with Crippen LogP contribution < -0.4 is 16.0 Å². The lowest BCUT2D eigenvalue weighted by Gasteiger charge is -2.43. The largest absolute Gasteiger partial charge is 0.465 e. The topological polar surface area (TPSA) is 134 Å². The zero-order valence-corrected chi connectivity index (χ0v) is 22.1. The monoisotopic (exact) mass is 540 g/mol. The fourth-order valence-corrected chi connectivity index (χ4v) is 6.03. The van der Waals surface area contributed by atoms with Crippen LogP contribution in [-0.4, -0.2) is 77.7 Å². The highest BCUT2D eigenvalue weighted by Crippen LogP contribution is 2.41. The molecule has 1 aromatic rings. The number of likely N-dealkylation sites (tertiary alicyclic amines) is 1. The predicted molar refractivity (Wildman–Crippen MR) is 139 cm³/mol. The summed E-state index contributed by atoms with van der Waals surface area (Å²) in [6, 6.07) is 2.78. The van der Waals surface area contributed by atoms with Crippen molar-refractivity contribution in [2.45, 2.75) is 75.5 Å². The lowest BCUT2D eigenvalue weighted by atomic mass is 9.74. The standard InChI is InChI=1S/C27H42F2N4O5/c1-30-16-22(24(34)18-8-3-2-4-9-18)32-25(35)33-15-6-10-19(17-33)27(38,13-7-14-31-26(36)37)20-11-5-12-21(28)23(20)29/h5,11-12,18-19,22,24,30-31,34,38H,2-4,6-10,13-17H2,1H3,(H,32,35)(H,36,37)/t19-,22?,24?,27+/m1/s1. The van der Waals surface area contributed by atoms with Gasteiger partial charge in [-0.2, -0.15) is 0 Å². The van der Waals surface area contributed by atoms with Gasteiger partial charge < -0.3 is 36.2 Å². The molecule has 1 aliphatic carbocycles. The summed E-state index contributed by atoms with van der Waals surface area (Å²) >= 11 is 0. The van der Waals surface area contributed by atoms with Crippen LogP contribution in [0.3, 0.4) is 0 Å². The molecule has 3 amide bonds. The summed E-state index contributed by atoms with van der Waals surface area (Å²) in [5.74, 6) is -2.71. The number of nitrogens with one attached hydrogen (secondary N) is 3. The third kappa shape index (κ3) is 7.54. The number of hydrogen-bond acceptors (Lipinski definition) is 5. The Morgan fingerprint density at radius 2 is 1.89 bits per heavy atom. The van der Waals surface area contributed by atoms with Crippen molar-refractivity contribution in [3.63, 3.8) is 0 Å². The first-order chi connectivity index (χ1) is 18.2. The molecule has 9 nitrogen and oxygen atoms in total. The Balaban J connectivity index is 1.75. The molecular weight excluding hydrogens is 498 g/mol. The van der Waals surface area contributed by atoms with E-state index in [-0.39, 0.29) is 43.4 Å². The lowest BCUT2D eigenvalue weighted by molar-refractivity contribution is -0.0583. The second kappa shape index (κ2) is 14.0. The summed E-state index contributed by atoms with van der Waals surface area (Å²) in [7, 11) is 1.76. The first kappa shape index (κ1) is 30.0. The van der Waals surface area contributed by atoms with E-state index in [1.807, 2.05) is 0 Å². The van der Waals surface area contributed by atoms with Crippen molar-refractivity contribution < 1.29 is 33.7 Å². The lowest BCUT2D eigenvalue weighted by Crippen LogP contribution is -2.57. The molecule has 0 radical (unpaired) electrons. The van der Waals surface area contributed by atoms with E-state index in [2.05, 4.69) is 16.0 Å². The van der Waals surface area contributed by atoms with Crippen LogP contribution in [0.25, 0.3) is 0 Å². The average molecular weight is 541 g/mol. The molecule has 6 N–H and O–H groups in total. The van der Waals surface area contributed by atoms with Crippen LogP contribution in [-0.2, 0) is 5.60 Å². The van der Waals surface area contributed by atoms with Crippen LogP contribution in [0.1, 0.15) is 63.4 Å². The van der Waals surface area contributed by atoms with Gasteiger partial charge in [0.05, 0.1) is 17.7 Å². The third-order valence-corrected chi connectivity index (χ3v) is 8.09. The minimum Gasteiger partial charge on any atom is -0.465 e. The maximum Gasteiger partial charge on any atom is 0.404 e. The van der Waals surface area contributed by atoms with Crippen molar-refractivity contribution in [1.82, 2.24) is 20.9 Å². The van der Waals surface area contributed by atoms with Gasteiger partial charge in [0.2, 0.25) is 0 Å². The Bertz CT molecular complexity index is 933. The van der Waals surface area contributed by atoms with E-state index in [0.29, 0.717) is 25.9 Å². The van der Waals surface area contributed by atoms with E-state index in [9.17, 15) is 28.6 Å². The highest BCUT2D eigenvalue weighted by Gasteiger charge is 2.43. The summed E-state index contributed by atoms with van der Waals surface area (Å²) in [6.45, 7) is 0.971. The number of hydrogen-bond donors (Lipinski definition) is 6. The molecule has 0 aromatic heterocycles. The molecular formula is C27H42F2N4O5. The quantitative estimate of drug-likeness (QED) is 0.239. The molecule has 0 spiro atoms. The van der Waals surface area contributed by atoms with Crippen LogP contribution >= 0.6 is 0 Å². The minimum atomic E-state index is -1.81.